The normalized spacial score (nSPS) is 16.8. The molecular weight excluding hydrogens is 574 g/mol. The fourth-order valence-electron chi connectivity index (χ4n) is 6.95. The summed E-state index contributed by atoms with van der Waals surface area (Å²) in [4.78, 5) is 29.1. The fraction of sp³-hybridized carbons (Fsp3) is 0.351. The number of hydrogen-bond acceptors (Lipinski definition) is 7. The van der Waals surface area contributed by atoms with Crippen LogP contribution in [0.2, 0.25) is 0 Å². The third-order valence-corrected chi connectivity index (χ3v) is 9.14. The van der Waals surface area contributed by atoms with Crippen LogP contribution in [0.3, 0.4) is 0 Å². The number of nitrogens with two attached hydrogens (primary N) is 1. The number of nitrogens with one attached hydrogen (secondary N) is 1. The van der Waals surface area contributed by atoms with Crippen LogP contribution in [0.15, 0.2) is 85.1 Å². The number of benzene rings is 2. The highest BCUT2D eigenvalue weighted by atomic mass is 16.6. The van der Waals surface area contributed by atoms with Crippen molar-refractivity contribution >= 4 is 23.1 Å². The molecule has 1 spiro atoms. The number of fused-ring (bicyclic) bond motifs is 1. The molecule has 1 aliphatic carbocycles. The number of likely N-dealkylation sites (tertiary alicyclic amines) is 1. The highest BCUT2D eigenvalue weighted by Gasteiger charge is 2.45. The third-order valence-electron chi connectivity index (χ3n) is 9.14. The lowest BCUT2D eigenvalue weighted by atomic mass is 9.67. The van der Waals surface area contributed by atoms with Gasteiger partial charge in [0.1, 0.15) is 16.9 Å². The lowest BCUT2D eigenvalue weighted by Gasteiger charge is -2.53. The quantitative estimate of drug-likeness (QED) is 0.212. The Kier molecular flexibility index (Phi) is 7.72. The first-order valence-electron chi connectivity index (χ1n) is 16.1. The van der Waals surface area contributed by atoms with E-state index in [0.717, 1.165) is 79.0 Å². The molecular formula is C37H41N7O2. The smallest absolute Gasteiger partial charge is 0.407 e. The number of ether oxygens (including phenoxy) is 1. The van der Waals surface area contributed by atoms with Crippen molar-refractivity contribution in [3.8, 4) is 28.3 Å². The van der Waals surface area contributed by atoms with Crippen LogP contribution in [0.1, 0.15) is 52.0 Å². The Hall–Kier alpha value is -4.76. The Morgan fingerprint density at radius 2 is 1.70 bits per heavy atom. The molecule has 1 amide bonds. The van der Waals surface area contributed by atoms with E-state index in [1.807, 2.05) is 63.2 Å². The van der Waals surface area contributed by atoms with E-state index in [1.54, 1.807) is 6.20 Å². The number of carbonyl (C=O) groups excluding carboxylic acids is 1. The highest BCUT2D eigenvalue weighted by Crippen LogP contribution is 2.44. The predicted molar refractivity (Wildman–Crippen MR) is 181 cm³/mol. The average Bonchev–Trinajstić information content (AvgIpc) is 3.40. The molecule has 0 radical (unpaired) electrons. The molecule has 7 rings (SSSR count). The lowest BCUT2D eigenvalue weighted by molar-refractivity contribution is -0.0393. The molecule has 4 heterocycles. The zero-order chi connectivity index (χ0) is 31.9. The molecule has 46 heavy (non-hydrogen) atoms. The van der Waals surface area contributed by atoms with Gasteiger partial charge in [0.05, 0.1) is 11.3 Å². The van der Waals surface area contributed by atoms with Crippen LogP contribution in [0.25, 0.3) is 39.5 Å². The van der Waals surface area contributed by atoms with Crippen molar-refractivity contribution in [1.82, 2.24) is 29.7 Å². The molecule has 3 N–H and O–H groups in total. The van der Waals surface area contributed by atoms with Crippen molar-refractivity contribution in [1.29, 1.82) is 0 Å². The van der Waals surface area contributed by atoms with E-state index in [4.69, 9.17) is 20.4 Å². The Morgan fingerprint density at radius 1 is 0.957 bits per heavy atom. The summed E-state index contributed by atoms with van der Waals surface area (Å²) < 4.78 is 7.54. The van der Waals surface area contributed by atoms with E-state index in [0.29, 0.717) is 17.1 Å². The molecule has 1 saturated heterocycles. The SMILES string of the molecule is CC(C)(C)OC(=O)NC1CCC2(CC1)CN(Cc1ccc(-n3c(-c4cccnc4N)nc4ccc(-c5ccccc5)nc43)cc1)C2. The first-order chi connectivity index (χ1) is 22.1. The maximum absolute atomic E-state index is 12.2. The van der Waals surface area contributed by atoms with E-state index in [9.17, 15) is 4.79 Å². The van der Waals surface area contributed by atoms with Crippen LogP contribution in [-0.4, -0.2) is 55.2 Å². The Morgan fingerprint density at radius 3 is 2.39 bits per heavy atom. The van der Waals surface area contributed by atoms with E-state index < -0.39 is 5.60 Å². The number of hydrogen-bond donors (Lipinski definition) is 2. The molecule has 5 aromatic rings. The van der Waals surface area contributed by atoms with Gasteiger partial charge < -0.3 is 15.8 Å². The summed E-state index contributed by atoms with van der Waals surface area (Å²) in [7, 11) is 0. The number of nitrogens with zero attached hydrogens (tertiary/aromatic N) is 5. The zero-order valence-electron chi connectivity index (χ0n) is 26.7. The number of carbonyl (C=O) groups is 1. The molecule has 3 aromatic heterocycles. The molecule has 2 aliphatic rings. The molecule has 236 valence electrons. The van der Waals surface area contributed by atoms with Crippen molar-refractivity contribution in [3.05, 3.63) is 90.6 Å². The molecule has 1 aliphatic heterocycles. The Labute approximate surface area is 269 Å². The van der Waals surface area contributed by atoms with Gasteiger partial charge in [-0.2, -0.15) is 0 Å². The average molecular weight is 616 g/mol. The van der Waals surface area contributed by atoms with Gasteiger partial charge in [-0.3, -0.25) is 9.47 Å². The summed E-state index contributed by atoms with van der Waals surface area (Å²) in [6, 6.07) is 26.9. The Bertz CT molecular complexity index is 1850. The summed E-state index contributed by atoms with van der Waals surface area (Å²) in [5.74, 6) is 1.15. The summed E-state index contributed by atoms with van der Waals surface area (Å²) in [5.41, 5.74) is 12.7. The summed E-state index contributed by atoms with van der Waals surface area (Å²) in [5, 5.41) is 3.07. The van der Waals surface area contributed by atoms with Crippen LogP contribution >= 0.6 is 0 Å². The minimum atomic E-state index is -0.475. The molecule has 2 fully saturated rings. The molecule has 9 nitrogen and oxygen atoms in total. The highest BCUT2D eigenvalue weighted by molar-refractivity contribution is 5.84. The minimum Gasteiger partial charge on any atom is -0.444 e. The van der Waals surface area contributed by atoms with E-state index in [-0.39, 0.29) is 12.1 Å². The molecule has 9 heteroatoms. The fourth-order valence-corrected chi connectivity index (χ4v) is 6.95. The van der Waals surface area contributed by atoms with Crippen LogP contribution < -0.4 is 11.1 Å². The van der Waals surface area contributed by atoms with Gasteiger partial charge in [0.25, 0.3) is 0 Å². The van der Waals surface area contributed by atoms with E-state index >= 15 is 0 Å². The number of amides is 1. The monoisotopic (exact) mass is 615 g/mol. The van der Waals surface area contributed by atoms with Crippen LogP contribution in [0.5, 0.6) is 0 Å². The van der Waals surface area contributed by atoms with E-state index in [2.05, 4.69) is 56.2 Å². The maximum atomic E-state index is 12.2. The van der Waals surface area contributed by atoms with Gasteiger partial charge in [0.2, 0.25) is 0 Å². The Balaban J connectivity index is 1.06. The third kappa shape index (κ3) is 6.20. The second kappa shape index (κ2) is 11.9. The second-order valence-corrected chi connectivity index (χ2v) is 13.8. The molecule has 1 saturated carbocycles. The number of pyridine rings is 2. The topological polar surface area (TPSA) is 111 Å². The first kappa shape index (κ1) is 29.9. The van der Waals surface area contributed by atoms with Crippen molar-refractivity contribution in [2.24, 2.45) is 5.41 Å². The molecule has 0 atom stereocenters. The molecule has 2 aromatic carbocycles. The summed E-state index contributed by atoms with van der Waals surface area (Å²) in [6.45, 7) is 8.78. The van der Waals surface area contributed by atoms with Gasteiger partial charge in [0, 0.05) is 43.1 Å². The lowest BCUT2D eigenvalue weighted by Crippen LogP contribution is -2.58. The predicted octanol–water partition coefficient (Wildman–Crippen LogP) is 7.00. The number of rotatable bonds is 6. The minimum absolute atomic E-state index is 0.200. The largest absolute Gasteiger partial charge is 0.444 e. The van der Waals surface area contributed by atoms with Crippen LogP contribution in [0, 0.1) is 5.41 Å². The summed E-state index contributed by atoms with van der Waals surface area (Å²) >= 11 is 0. The number of alkyl carbamates (subject to hydrolysis) is 1. The number of aromatic nitrogens is 4. The van der Waals surface area contributed by atoms with E-state index in [1.165, 1.54) is 5.56 Å². The zero-order valence-corrected chi connectivity index (χ0v) is 26.7. The van der Waals surface area contributed by atoms with Gasteiger partial charge in [-0.15, -0.1) is 0 Å². The first-order valence-corrected chi connectivity index (χ1v) is 16.1. The number of anilines is 1. The van der Waals surface area contributed by atoms with Gasteiger partial charge in [-0.1, -0.05) is 42.5 Å². The van der Waals surface area contributed by atoms with Gasteiger partial charge in [0.15, 0.2) is 11.5 Å². The van der Waals surface area contributed by atoms with Crippen molar-refractivity contribution in [3.63, 3.8) is 0 Å². The number of nitrogen functional groups attached to an aromatic ring is 1. The molecule has 0 bridgehead atoms. The standard InChI is InChI=1S/C37H41N7O2/c1-36(2,3)46-35(45)40-27-17-19-37(20-18-27)23-43(24-37)22-25-11-13-28(14-12-25)44-33(29-10-7-21-39-32(29)38)42-31-16-15-30(41-34(31)44)26-8-5-4-6-9-26/h4-16,21,27H,17-20,22-24H2,1-3H3,(H2,38,39)(H,40,45). The van der Waals surface area contributed by atoms with Crippen molar-refractivity contribution in [2.75, 3.05) is 18.8 Å². The van der Waals surface area contributed by atoms with Crippen LogP contribution in [0.4, 0.5) is 10.6 Å². The van der Waals surface area contributed by atoms with Gasteiger partial charge in [-0.05, 0) is 93.8 Å². The van der Waals surface area contributed by atoms with Crippen molar-refractivity contribution < 1.29 is 9.53 Å². The van der Waals surface area contributed by atoms with Crippen LogP contribution in [-0.2, 0) is 11.3 Å². The van der Waals surface area contributed by atoms with Gasteiger partial charge in [-0.25, -0.2) is 19.7 Å². The summed E-state index contributed by atoms with van der Waals surface area (Å²) in [6.07, 6.45) is 5.66. The van der Waals surface area contributed by atoms with Gasteiger partial charge >= 0.3 is 6.09 Å². The maximum Gasteiger partial charge on any atom is 0.407 e. The second-order valence-electron chi connectivity index (χ2n) is 13.8. The number of imidazole rings is 1. The van der Waals surface area contributed by atoms with Crippen molar-refractivity contribution in [2.45, 2.75) is 64.6 Å². The molecule has 0 unspecified atom stereocenters.